The number of ether oxygens (including phenoxy) is 3. The number of aromatic nitrogens is 2. The summed E-state index contributed by atoms with van der Waals surface area (Å²) in [5.74, 6) is 0.205. The molecular weight excluding hydrogens is 370 g/mol. The van der Waals surface area contributed by atoms with Crippen molar-refractivity contribution in [3.63, 3.8) is 0 Å². The van der Waals surface area contributed by atoms with E-state index >= 15 is 0 Å². The summed E-state index contributed by atoms with van der Waals surface area (Å²) in [7, 11) is 2.72. The minimum absolute atomic E-state index is 0.253. The standard InChI is InChI=1S/C18H17N3O5S/c1-24-14-8-11(5-6-13(14)26-10-17(22)25-2)18(23)19-16-9-12(20-21-16)15-4-3-7-27-15/h3-9H,10H2,1-2H3,(H2,19,20,21,23). The van der Waals surface area contributed by atoms with Crippen molar-refractivity contribution >= 4 is 29.0 Å². The van der Waals surface area contributed by atoms with E-state index in [1.54, 1.807) is 29.5 Å². The van der Waals surface area contributed by atoms with Gasteiger partial charge in [-0.25, -0.2) is 4.79 Å². The lowest BCUT2D eigenvalue weighted by molar-refractivity contribution is -0.142. The minimum Gasteiger partial charge on any atom is -0.493 e. The third-order valence-electron chi connectivity index (χ3n) is 3.61. The van der Waals surface area contributed by atoms with Crippen LogP contribution >= 0.6 is 11.3 Å². The largest absolute Gasteiger partial charge is 0.493 e. The van der Waals surface area contributed by atoms with E-state index in [0.29, 0.717) is 22.9 Å². The number of hydrogen-bond acceptors (Lipinski definition) is 7. The number of nitrogens with one attached hydrogen (secondary N) is 2. The number of amides is 1. The third-order valence-corrected chi connectivity index (χ3v) is 4.51. The van der Waals surface area contributed by atoms with Crippen LogP contribution in [0.1, 0.15) is 10.4 Å². The molecule has 0 aliphatic heterocycles. The second-order valence-corrected chi connectivity index (χ2v) is 6.28. The van der Waals surface area contributed by atoms with Gasteiger partial charge < -0.3 is 19.5 Å². The molecule has 0 radical (unpaired) electrons. The second-order valence-electron chi connectivity index (χ2n) is 5.33. The number of rotatable bonds is 7. The fraction of sp³-hybridized carbons (Fsp3) is 0.167. The maximum atomic E-state index is 12.5. The third kappa shape index (κ3) is 4.45. The zero-order chi connectivity index (χ0) is 19.2. The van der Waals surface area contributed by atoms with E-state index in [-0.39, 0.29) is 12.5 Å². The Balaban J connectivity index is 1.70. The molecule has 0 saturated heterocycles. The van der Waals surface area contributed by atoms with Crippen LogP contribution in [0, 0.1) is 0 Å². The monoisotopic (exact) mass is 387 g/mol. The van der Waals surface area contributed by atoms with Crippen LogP contribution in [0.15, 0.2) is 41.8 Å². The van der Waals surface area contributed by atoms with Crippen LogP contribution in [0.25, 0.3) is 10.6 Å². The van der Waals surface area contributed by atoms with Crippen LogP contribution in [0.5, 0.6) is 11.5 Å². The molecular formula is C18H17N3O5S. The molecule has 27 heavy (non-hydrogen) atoms. The van der Waals surface area contributed by atoms with Crippen molar-refractivity contribution in [3.8, 4) is 22.1 Å². The van der Waals surface area contributed by atoms with Crippen molar-refractivity contribution in [2.45, 2.75) is 0 Å². The Kier molecular flexibility index (Phi) is 5.72. The van der Waals surface area contributed by atoms with Gasteiger partial charge in [-0.1, -0.05) is 6.07 Å². The summed E-state index contributed by atoms with van der Waals surface area (Å²) >= 11 is 1.57. The van der Waals surface area contributed by atoms with Gasteiger partial charge in [0.1, 0.15) is 0 Å². The summed E-state index contributed by atoms with van der Waals surface area (Å²) in [5.41, 5.74) is 1.18. The lowest BCUT2D eigenvalue weighted by Crippen LogP contribution is -2.14. The Morgan fingerprint density at radius 1 is 1.19 bits per heavy atom. The van der Waals surface area contributed by atoms with Crippen molar-refractivity contribution in [1.82, 2.24) is 10.2 Å². The normalized spacial score (nSPS) is 10.3. The first kappa shape index (κ1) is 18.5. The Morgan fingerprint density at radius 3 is 2.74 bits per heavy atom. The molecule has 1 amide bonds. The summed E-state index contributed by atoms with van der Waals surface area (Å²) in [5, 5.41) is 11.7. The molecule has 3 rings (SSSR count). The molecule has 140 valence electrons. The molecule has 0 aliphatic rings. The molecule has 0 spiro atoms. The summed E-state index contributed by atoms with van der Waals surface area (Å²) in [6, 6.07) is 10.3. The Hall–Kier alpha value is -3.33. The summed E-state index contributed by atoms with van der Waals surface area (Å²) in [6.45, 7) is -0.253. The van der Waals surface area contributed by atoms with Gasteiger partial charge in [-0.05, 0) is 29.6 Å². The molecule has 0 bridgehead atoms. The van der Waals surface area contributed by atoms with Crippen LogP contribution in [0.3, 0.4) is 0 Å². The van der Waals surface area contributed by atoms with Crippen LogP contribution in [0.2, 0.25) is 0 Å². The van der Waals surface area contributed by atoms with E-state index in [4.69, 9.17) is 9.47 Å². The van der Waals surface area contributed by atoms with Gasteiger partial charge in [0.15, 0.2) is 23.9 Å². The second kappa shape index (κ2) is 8.37. The first-order chi connectivity index (χ1) is 13.1. The number of carbonyl (C=O) groups is 2. The molecule has 0 unspecified atom stereocenters. The van der Waals surface area contributed by atoms with E-state index in [1.807, 2.05) is 17.5 Å². The van der Waals surface area contributed by atoms with Gasteiger partial charge in [-0.2, -0.15) is 5.10 Å². The fourth-order valence-corrected chi connectivity index (χ4v) is 2.95. The Bertz CT molecular complexity index is 936. The fourth-order valence-electron chi connectivity index (χ4n) is 2.26. The quantitative estimate of drug-likeness (QED) is 0.604. The smallest absolute Gasteiger partial charge is 0.343 e. The van der Waals surface area contributed by atoms with E-state index in [9.17, 15) is 9.59 Å². The highest BCUT2D eigenvalue weighted by atomic mass is 32.1. The van der Waals surface area contributed by atoms with Gasteiger partial charge in [-0.15, -0.1) is 11.3 Å². The zero-order valence-corrected chi connectivity index (χ0v) is 15.5. The molecule has 0 aliphatic carbocycles. The lowest BCUT2D eigenvalue weighted by Gasteiger charge is -2.11. The van der Waals surface area contributed by atoms with E-state index in [0.717, 1.165) is 10.6 Å². The highest BCUT2D eigenvalue weighted by molar-refractivity contribution is 7.13. The highest BCUT2D eigenvalue weighted by Crippen LogP contribution is 2.29. The number of nitrogens with zero attached hydrogens (tertiary/aromatic N) is 1. The number of thiophene rings is 1. The maximum absolute atomic E-state index is 12.5. The molecule has 2 heterocycles. The van der Waals surface area contributed by atoms with Gasteiger partial charge in [0.2, 0.25) is 0 Å². The molecule has 3 aromatic rings. The Labute approximate surface area is 159 Å². The van der Waals surface area contributed by atoms with Gasteiger partial charge >= 0.3 is 5.97 Å². The summed E-state index contributed by atoms with van der Waals surface area (Å²) in [4.78, 5) is 24.7. The molecule has 9 heteroatoms. The number of aromatic amines is 1. The van der Waals surface area contributed by atoms with Gasteiger partial charge in [-0.3, -0.25) is 9.89 Å². The lowest BCUT2D eigenvalue weighted by atomic mass is 10.2. The number of benzene rings is 1. The average Bonchev–Trinajstić information content (AvgIpc) is 3.37. The number of carbonyl (C=O) groups excluding carboxylic acids is 2. The minimum atomic E-state index is -0.515. The van der Waals surface area contributed by atoms with Gasteiger partial charge in [0.05, 0.1) is 24.8 Å². The van der Waals surface area contributed by atoms with Crippen LogP contribution in [0.4, 0.5) is 5.82 Å². The molecule has 8 nitrogen and oxygen atoms in total. The first-order valence-electron chi connectivity index (χ1n) is 7.89. The summed E-state index contributed by atoms with van der Waals surface area (Å²) < 4.78 is 15.1. The zero-order valence-electron chi connectivity index (χ0n) is 14.6. The Morgan fingerprint density at radius 2 is 2.04 bits per heavy atom. The predicted octanol–water partition coefficient (Wildman–Crippen LogP) is 2.95. The number of hydrogen-bond donors (Lipinski definition) is 2. The number of esters is 1. The number of anilines is 1. The maximum Gasteiger partial charge on any atom is 0.343 e. The van der Waals surface area contributed by atoms with Crippen LogP contribution in [-0.2, 0) is 9.53 Å². The number of H-pyrrole nitrogens is 1. The molecule has 0 atom stereocenters. The SMILES string of the molecule is COC(=O)COc1ccc(C(=O)Nc2cc(-c3cccs3)[nH]n2)cc1OC. The molecule has 2 N–H and O–H groups in total. The van der Waals surface area contributed by atoms with Crippen molar-refractivity contribution in [1.29, 1.82) is 0 Å². The summed E-state index contributed by atoms with van der Waals surface area (Å²) in [6.07, 6.45) is 0. The number of methoxy groups -OCH3 is 2. The van der Waals surface area contributed by atoms with Crippen LogP contribution < -0.4 is 14.8 Å². The molecule has 2 aromatic heterocycles. The topological polar surface area (TPSA) is 103 Å². The van der Waals surface area contributed by atoms with Crippen molar-refractivity contribution in [3.05, 3.63) is 47.3 Å². The highest BCUT2D eigenvalue weighted by Gasteiger charge is 2.14. The van der Waals surface area contributed by atoms with Crippen molar-refractivity contribution in [2.75, 3.05) is 26.1 Å². The molecule has 1 aromatic carbocycles. The van der Waals surface area contributed by atoms with E-state index in [1.165, 1.54) is 20.3 Å². The van der Waals surface area contributed by atoms with Gasteiger partial charge in [0, 0.05) is 11.6 Å². The van der Waals surface area contributed by atoms with Crippen LogP contribution in [-0.4, -0.2) is 42.9 Å². The van der Waals surface area contributed by atoms with E-state index < -0.39 is 5.97 Å². The molecule has 0 fully saturated rings. The van der Waals surface area contributed by atoms with Gasteiger partial charge in [0.25, 0.3) is 5.91 Å². The van der Waals surface area contributed by atoms with E-state index in [2.05, 4.69) is 20.3 Å². The van der Waals surface area contributed by atoms with Crippen molar-refractivity contribution in [2.24, 2.45) is 0 Å². The molecule has 0 saturated carbocycles. The average molecular weight is 387 g/mol. The van der Waals surface area contributed by atoms with Crippen molar-refractivity contribution < 1.29 is 23.8 Å². The predicted molar refractivity (Wildman–Crippen MR) is 100 cm³/mol. The first-order valence-corrected chi connectivity index (χ1v) is 8.77.